The molecule has 3 unspecified atom stereocenters. The quantitative estimate of drug-likeness (QED) is 0.119. The summed E-state index contributed by atoms with van der Waals surface area (Å²) >= 11 is 0. The summed E-state index contributed by atoms with van der Waals surface area (Å²) in [6.07, 6.45) is 33.5. The van der Waals surface area contributed by atoms with Gasteiger partial charge in [0, 0.05) is 0 Å². The second-order valence-corrected chi connectivity index (χ2v) is 11.8. The van der Waals surface area contributed by atoms with Gasteiger partial charge in [-0.15, -0.1) is 0 Å². The molecule has 0 aliphatic heterocycles. The van der Waals surface area contributed by atoms with Gasteiger partial charge >= 0.3 is 5.97 Å². The van der Waals surface area contributed by atoms with E-state index >= 15 is 0 Å². The van der Waals surface area contributed by atoms with Crippen LogP contribution in [0.1, 0.15) is 182 Å². The van der Waals surface area contributed by atoms with E-state index in [1.807, 2.05) is 6.92 Å². The molecule has 0 rings (SSSR count). The van der Waals surface area contributed by atoms with Crippen LogP contribution in [0.25, 0.3) is 0 Å². The highest BCUT2D eigenvalue weighted by atomic mass is 16.4. The van der Waals surface area contributed by atoms with Crippen molar-refractivity contribution >= 4 is 5.97 Å². The highest BCUT2D eigenvalue weighted by Gasteiger charge is 2.16. The van der Waals surface area contributed by atoms with E-state index in [0.717, 1.165) is 12.3 Å². The summed E-state index contributed by atoms with van der Waals surface area (Å²) in [6, 6.07) is 0. The van der Waals surface area contributed by atoms with Crippen molar-refractivity contribution in [3.05, 3.63) is 0 Å². The molecule has 0 fully saturated rings. The molecule has 2 nitrogen and oxygen atoms in total. The van der Waals surface area contributed by atoms with Gasteiger partial charge in [0.05, 0.1) is 5.92 Å². The Balaban J connectivity index is 3.23. The van der Waals surface area contributed by atoms with Crippen molar-refractivity contribution in [1.29, 1.82) is 0 Å². The monoisotopic (exact) mass is 480 g/mol. The van der Waals surface area contributed by atoms with E-state index in [9.17, 15) is 4.79 Å². The van der Waals surface area contributed by atoms with Crippen LogP contribution in [0.2, 0.25) is 0 Å². The summed E-state index contributed by atoms with van der Waals surface area (Å²) in [7, 11) is 0. The third-order valence-electron chi connectivity index (χ3n) is 7.78. The highest BCUT2D eigenvalue weighted by molar-refractivity contribution is 5.69. The summed E-state index contributed by atoms with van der Waals surface area (Å²) in [5, 5.41) is 9.05. The van der Waals surface area contributed by atoms with Gasteiger partial charge in [-0.2, -0.15) is 0 Å². The maximum atomic E-state index is 11.0. The number of carbonyl (C=O) groups is 1. The number of hydrogen-bond donors (Lipinski definition) is 1. The Hall–Kier alpha value is -0.530. The minimum Gasteiger partial charge on any atom is -0.481 e. The van der Waals surface area contributed by atoms with Crippen LogP contribution >= 0.6 is 0 Å². The van der Waals surface area contributed by atoms with Crippen molar-refractivity contribution in [1.82, 2.24) is 0 Å². The fourth-order valence-corrected chi connectivity index (χ4v) is 5.53. The van der Waals surface area contributed by atoms with Gasteiger partial charge in [0.15, 0.2) is 0 Å². The summed E-state index contributed by atoms with van der Waals surface area (Å²) in [5.41, 5.74) is 0. The minimum atomic E-state index is -0.649. The summed E-state index contributed by atoms with van der Waals surface area (Å²) in [6.45, 7) is 8.69. The van der Waals surface area contributed by atoms with Crippen LogP contribution in [0.15, 0.2) is 0 Å². The fourth-order valence-electron chi connectivity index (χ4n) is 5.53. The second kappa shape index (κ2) is 25.6. The molecule has 0 aromatic heterocycles. The number of carboxylic acid groups (broad SMARTS) is 1. The molecular weight excluding hydrogens is 416 g/mol. The Labute approximate surface area is 215 Å². The predicted octanol–water partition coefficient (Wildman–Crippen LogP) is 11.4. The lowest BCUT2D eigenvalue weighted by Crippen LogP contribution is -2.14. The molecule has 0 radical (unpaired) electrons. The molecule has 0 bridgehead atoms. The Kier molecular flexibility index (Phi) is 25.2. The van der Waals surface area contributed by atoms with Gasteiger partial charge in [-0.3, -0.25) is 4.79 Å². The van der Waals surface area contributed by atoms with E-state index in [-0.39, 0.29) is 5.92 Å². The van der Waals surface area contributed by atoms with Gasteiger partial charge in [-0.1, -0.05) is 169 Å². The topological polar surface area (TPSA) is 37.3 Å². The van der Waals surface area contributed by atoms with Crippen LogP contribution in [-0.2, 0) is 4.79 Å². The first-order chi connectivity index (χ1) is 16.5. The number of carboxylic acids is 1. The van der Waals surface area contributed by atoms with Gasteiger partial charge in [0.25, 0.3) is 0 Å². The lowest BCUT2D eigenvalue weighted by Gasteiger charge is -2.19. The Bertz CT molecular complexity index is 419. The molecule has 3 atom stereocenters. The average Bonchev–Trinajstić information content (AvgIpc) is 2.79. The molecule has 0 aliphatic rings. The molecule has 0 spiro atoms. The van der Waals surface area contributed by atoms with E-state index in [1.165, 1.54) is 148 Å². The Morgan fingerprint density at radius 1 is 0.500 bits per heavy atom. The fraction of sp³-hybridized carbons (Fsp3) is 0.969. The van der Waals surface area contributed by atoms with Crippen molar-refractivity contribution in [3.63, 3.8) is 0 Å². The number of aliphatic carboxylic acids is 1. The number of hydrogen-bond acceptors (Lipinski definition) is 1. The molecule has 0 aromatic rings. The van der Waals surface area contributed by atoms with Gasteiger partial charge in [-0.25, -0.2) is 0 Å². The maximum Gasteiger partial charge on any atom is 0.306 e. The molecule has 0 aliphatic carbocycles. The zero-order valence-electron chi connectivity index (χ0n) is 24.1. The molecule has 1 N–H and O–H groups in total. The number of unbranched alkanes of at least 4 members (excludes halogenated alkanes) is 20. The lowest BCUT2D eigenvalue weighted by atomic mass is 9.87. The van der Waals surface area contributed by atoms with Crippen molar-refractivity contribution in [3.8, 4) is 0 Å². The Morgan fingerprint density at radius 2 is 0.824 bits per heavy atom. The molecule has 0 saturated heterocycles. The molecule has 204 valence electrons. The molecule has 0 saturated carbocycles. The second-order valence-electron chi connectivity index (χ2n) is 11.8. The smallest absolute Gasteiger partial charge is 0.306 e. The first kappa shape index (κ1) is 33.5. The van der Waals surface area contributed by atoms with Gasteiger partial charge in [0.1, 0.15) is 0 Å². The summed E-state index contributed by atoms with van der Waals surface area (Å²) in [5.74, 6) is 0.405. The van der Waals surface area contributed by atoms with Crippen molar-refractivity contribution in [2.45, 2.75) is 182 Å². The average molecular weight is 481 g/mol. The van der Waals surface area contributed by atoms with E-state index in [4.69, 9.17) is 5.11 Å². The van der Waals surface area contributed by atoms with E-state index in [1.54, 1.807) is 0 Å². The van der Waals surface area contributed by atoms with E-state index in [2.05, 4.69) is 20.8 Å². The largest absolute Gasteiger partial charge is 0.481 e. The maximum absolute atomic E-state index is 11.0. The van der Waals surface area contributed by atoms with Crippen molar-refractivity contribution in [2.24, 2.45) is 17.8 Å². The zero-order valence-corrected chi connectivity index (χ0v) is 24.1. The van der Waals surface area contributed by atoms with Crippen LogP contribution in [0, 0.1) is 17.8 Å². The molecule has 0 aromatic carbocycles. The van der Waals surface area contributed by atoms with Crippen LogP contribution in [0.3, 0.4) is 0 Å². The normalized spacial score (nSPS) is 14.2. The lowest BCUT2D eigenvalue weighted by molar-refractivity contribution is -0.141. The summed E-state index contributed by atoms with van der Waals surface area (Å²) in [4.78, 5) is 11.0. The molecular formula is C32H64O2. The first-order valence-electron chi connectivity index (χ1n) is 15.7. The molecule has 0 amide bonds. The zero-order chi connectivity index (χ0) is 25.3. The molecule has 0 heterocycles. The van der Waals surface area contributed by atoms with Gasteiger partial charge < -0.3 is 5.11 Å². The predicted molar refractivity (Wildman–Crippen MR) is 152 cm³/mol. The van der Waals surface area contributed by atoms with Crippen LogP contribution in [-0.4, -0.2) is 11.1 Å². The van der Waals surface area contributed by atoms with Crippen molar-refractivity contribution in [2.75, 3.05) is 0 Å². The summed E-state index contributed by atoms with van der Waals surface area (Å²) < 4.78 is 0. The van der Waals surface area contributed by atoms with E-state index in [0.29, 0.717) is 5.92 Å². The van der Waals surface area contributed by atoms with Crippen LogP contribution in [0.5, 0.6) is 0 Å². The van der Waals surface area contributed by atoms with Crippen LogP contribution < -0.4 is 0 Å². The highest BCUT2D eigenvalue weighted by Crippen LogP contribution is 2.24. The van der Waals surface area contributed by atoms with Gasteiger partial charge in [-0.05, 0) is 24.7 Å². The third-order valence-corrected chi connectivity index (χ3v) is 7.78. The first-order valence-corrected chi connectivity index (χ1v) is 15.7. The minimum absolute atomic E-state index is 0.202. The van der Waals surface area contributed by atoms with Gasteiger partial charge in [0.2, 0.25) is 0 Å². The standard InChI is InChI=1S/C32H64O2/c1-5-6-7-8-9-10-11-12-13-14-15-16-17-18-19-20-21-22-23-24-25-26-29(2)27-30(3)28-31(4)32(33)34/h29-31H,5-28H2,1-4H3,(H,33,34). The number of rotatable bonds is 27. The van der Waals surface area contributed by atoms with E-state index < -0.39 is 5.97 Å². The van der Waals surface area contributed by atoms with Crippen LogP contribution in [0.4, 0.5) is 0 Å². The SMILES string of the molecule is CCCCCCCCCCCCCCCCCCCCCCCC(C)CC(C)CC(C)C(=O)O. The third kappa shape index (κ3) is 24.6. The van der Waals surface area contributed by atoms with Crippen molar-refractivity contribution < 1.29 is 9.90 Å². The molecule has 34 heavy (non-hydrogen) atoms. The Morgan fingerprint density at radius 3 is 1.15 bits per heavy atom. The molecule has 2 heteroatoms.